The van der Waals surface area contributed by atoms with Gasteiger partial charge in [0.2, 0.25) is 0 Å². The van der Waals surface area contributed by atoms with E-state index in [1.165, 1.54) is 22.3 Å². The van der Waals surface area contributed by atoms with Crippen LogP contribution in [0, 0.1) is 5.92 Å². The Kier molecular flexibility index (Phi) is 5.08. The number of nitrogens with zero attached hydrogens (tertiary/aromatic N) is 2. The second-order valence-electron chi connectivity index (χ2n) is 8.33. The molecule has 4 heteroatoms. The third-order valence-electron chi connectivity index (χ3n) is 6.64. The third kappa shape index (κ3) is 3.05. The molecule has 2 aliphatic rings. The van der Waals surface area contributed by atoms with Gasteiger partial charge in [0.15, 0.2) is 0 Å². The lowest BCUT2D eigenvalue weighted by atomic mass is 9.82. The molecule has 30 heavy (non-hydrogen) atoms. The van der Waals surface area contributed by atoms with Gasteiger partial charge in [-0.15, -0.1) is 0 Å². The largest absolute Gasteiger partial charge is 0.650 e. The molecular formula is C26H27N2OP. The summed E-state index contributed by atoms with van der Waals surface area (Å²) in [5.41, 5.74) is 4.77. The van der Waals surface area contributed by atoms with Crippen LogP contribution in [0.4, 0.5) is 0 Å². The summed E-state index contributed by atoms with van der Waals surface area (Å²) in [6.45, 7) is 0.666. The molecule has 0 bridgehead atoms. The first-order valence-electron chi connectivity index (χ1n) is 10.5. The van der Waals surface area contributed by atoms with Gasteiger partial charge < -0.3 is 4.89 Å². The highest BCUT2D eigenvalue weighted by Gasteiger charge is 2.61. The average molecular weight is 414 g/mol. The van der Waals surface area contributed by atoms with E-state index in [2.05, 4.69) is 89.2 Å². The molecule has 1 saturated heterocycles. The summed E-state index contributed by atoms with van der Waals surface area (Å²) in [7, 11) is 1.19. The standard InChI is InChI=1S/C26H27N2OP/c1-27(19-20-11-5-3-6-12-20)30(29)26-23-16-10-9-13-21(23)17-18-24(26)25(28(30)2)22-14-7-4-8-15-22/h3-18,24-26H,19H2,1-2H3/t24-,25+,26+,30?/m1/s1. The molecule has 0 N–H and O–H groups in total. The highest BCUT2D eigenvalue weighted by Crippen LogP contribution is 2.79. The van der Waals surface area contributed by atoms with Crippen LogP contribution in [0.1, 0.15) is 34.0 Å². The summed E-state index contributed by atoms with van der Waals surface area (Å²) in [5, 5.41) is 0. The molecule has 0 spiro atoms. The molecular weight excluding hydrogens is 387 g/mol. The second kappa shape index (κ2) is 7.76. The normalized spacial score (nSPS) is 27.8. The fraction of sp³-hybridized carbons (Fsp3) is 0.231. The molecule has 0 radical (unpaired) electrons. The van der Waals surface area contributed by atoms with E-state index in [9.17, 15) is 4.89 Å². The smallest absolute Gasteiger partial charge is 0.130 e. The van der Waals surface area contributed by atoms with Crippen LogP contribution in [-0.2, 0) is 6.54 Å². The van der Waals surface area contributed by atoms with Crippen LogP contribution in [0.2, 0.25) is 0 Å². The first kappa shape index (κ1) is 19.7. The predicted octanol–water partition coefficient (Wildman–Crippen LogP) is 5.31. The number of hydrogen-bond acceptors (Lipinski definition) is 3. The van der Waals surface area contributed by atoms with E-state index >= 15 is 0 Å². The van der Waals surface area contributed by atoms with Gasteiger partial charge in [0.25, 0.3) is 0 Å². The topological polar surface area (TPSA) is 29.5 Å². The van der Waals surface area contributed by atoms with Crippen molar-refractivity contribution < 1.29 is 4.89 Å². The molecule has 3 aromatic rings. The van der Waals surface area contributed by atoms with E-state index in [0.717, 1.165) is 0 Å². The Morgan fingerprint density at radius 1 is 0.900 bits per heavy atom. The maximum atomic E-state index is 15.0. The lowest BCUT2D eigenvalue weighted by Crippen LogP contribution is -2.38. The van der Waals surface area contributed by atoms with E-state index < -0.39 is 7.79 Å². The predicted molar refractivity (Wildman–Crippen MR) is 123 cm³/mol. The van der Waals surface area contributed by atoms with Gasteiger partial charge in [-0.3, -0.25) is 0 Å². The van der Waals surface area contributed by atoms with Gasteiger partial charge in [-0.2, -0.15) is 9.34 Å². The molecule has 3 nitrogen and oxygen atoms in total. The van der Waals surface area contributed by atoms with Crippen molar-refractivity contribution in [3.63, 3.8) is 0 Å². The zero-order chi connectivity index (χ0) is 20.7. The number of benzene rings is 3. The van der Waals surface area contributed by atoms with E-state index in [4.69, 9.17) is 0 Å². The Morgan fingerprint density at radius 3 is 2.27 bits per heavy atom. The van der Waals surface area contributed by atoms with Crippen molar-refractivity contribution in [3.8, 4) is 0 Å². The number of hydrogen-bond donors (Lipinski definition) is 0. The van der Waals surface area contributed by atoms with E-state index in [0.29, 0.717) is 6.54 Å². The van der Waals surface area contributed by atoms with Crippen molar-refractivity contribution in [3.05, 3.63) is 113 Å². The van der Waals surface area contributed by atoms with Gasteiger partial charge >= 0.3 is 0 Å². The van der Waals surface area contributed by atoms with Crippen molar-refractivity contribution in [2.45, 2.75) is 18.2 Å². The van der Waals surface area contributed by atoms with Crippen molar-refractivity contribution in [1.29, 1.82) is 0 Å². The number of fused-ring (bicyclic) bond motifs is 3. The lowest BCUT2D eigenvalue weighted by Gasteiger charge is -2.44. The summed E-state index contributed by atoms with van der Waals surface area (Å²) in [6.07, 6.45) is 4.50. The summed E-state index contributed by atoms with van der Waals surface area (Å²) >= 11 is 0. The van der Waals surface area contributed by atoms with Crippen molar-refractivity contribution in [1.82, 2.24) is 9.34 Å². The van der Waals surface area contributed by atoms with Gasteiger partial charge in [0, 0.05) is 25.6 Å². The molecule has 1 fully saturated rings. The van der Waals surface area contributed by atoms with E-state index in [1.807, 2.05) is 31.3 Å². The molecule has 5 rings (SSSR count). The Balaban J connectivity index is 1.62. The van der Waals surface area contributed by atoms with Crippen molar-refractivity contribution >= 4 is 13.9 Å². The highest BCUT2D eigenvalue weighted by atomic mass is 31.2. The number of rotatable bonds is 4. The molecule has 1 aliphatic heterocycles. The molecule has 0 aromatic heterocycles. The maximum Gasteiger partial charge on any atom is 0.130 e. The molecule has 1 heterocycles. The van der Waals surface area contributed by atoms with Crippen LogP contribution in [0.25, 0.3) is 6.08 Å². The summed E-state index contributed by atoms with van der Waals surface area (Å²) in [6, 6.07) is 29.4. The van der Waals surface area contributed by atoms with Gasteiger partial charge in [0.1, 0.15) is 13.4 Å². The minimum Gasteiger partial charge on any atom is -0.650 e. The zero-order valence-corrected chi connectivity index (χ0v) is 18.3. The Morgan fingerprint density at radius 2 is 1.53 bits per heavy atom. The van der Waals surface area contributed by atoms with E-state index in [1.54, 1.807) is 0 Å². The van der Waals surface area contributed by atoms with Crippen LogP contribution in [0.5, 0.6) is 0 Å². The van der Waals surface area contributed by atoms with Crippen molar-refractivity contribution in [2.24, 2.45) is 5.92 Å². The fourth-order valence-electron chi connectivity index (χ4n) is 5.26. The molecule has 1 unspecified atom stereocenters. The monoisotopic (exact) mass is 414 g/mol. The molecule has 1 aliphatic carbocycles. The van der Waals surface area contributed by atoms with Crippen LogP contribution in [-0.4, -0.2) is 23.4 Å². The fourth-order valence-corrected chi connectivity index (χ4v) is 8.87. The summed E-state index contributed by atoms with van der Waals surface area (Å²) in [5.74, 6) is 0.177. The first-order valence-corrected chi connectivity index (χ1v) is 12.2. The Labute approximate surface area is 179 Å². The maximum absolute atomic E-state index is 15.0. The molecule has 0 saturated carbocycles. The minimum absolute atomic E-state index is 0.0392. The molecule has 3 aromatic carbocycles. The molecule has 152 valence electrons. The van der Waals surface area contributed by atoms with Gasteiger partial charge in [0.05, 0.1) is 12.6 Å². The minimum atomic E-state index is -2.89. The van der Waals surface area contributed by atoms with Gasteiger partial charge in [-0.05, 0) is 16.7 Å². The van der Waals surface area contributed by atoms with Crippen LogP contribution in [0.15, 0.2) is 91.0 Å². The Bertz CT molecular complexity index is 1050. The average Bonchev–Trinajstić information content (AvgIpc) is 3.03. The quantitative estimate of drug-likeness (QED) is 0.542. The summed E-state index contributed by atoms with van der Waals surface area (Å²) < 4.78 is 4.28. The third-order valence-corrected chi connectivity index (χ3v) is 10.3. The lowest BCUT2D eigenvalue weighted by molar-refractivity contribution is -0.194. The van der Waals surface area contributed by atoms with Crippen LogP contribution >= 0.6 is 7.79 Å². The summed E-state index contributed by atoms with van der Waals surface area (Å²) in [4.78, 5) is 15.0. The van der Waals surface area contributed by atoms with Crippen LogP contribution < -0.4 is 4.89 Å². The van der Waals surface area contributed by atoms with Gasteiger partial charge in [-0.1, -0.05) is 97.1 Å². The van der Waals surface area contributed by atoms with Crippen molar-refractivity contribution in [2.75, 3.05) is 14.1 Å². The van der Waals surface area contributed by atoms with Gasteiger partial charge in [-0.25, -0.2) is 0 Å². The Hall–Kier alpha value is -2.29. The zero-order valence-electron chi connectivity index (χ0n) is 17.4. The highest BCUT2D eigenvalue weighted by molar-refractivity contribution is 7.65. The van der Waals surface area contributed by atoms with Crippen LogP contribution in [0.3, 0.4) is 0 Å². The molecule has 0 amide bonds. The SMILES string of the molecule is CN(Cc1ccccc1)[P+]1([O-])[C@H]2c3ccccc3C=C[C@@H]2[C@H](c2ccccc2)N1C. The molecule has 4 atom stereocenters. The van der Waals surface area contributed by atoms with E-state index in [-0.39, 0.29) is 17.6 Å². The first-order chi connectivity index (χ1) is 14.6. The second-order valence-corrected chi connectivity index (χ2v) is 11.4.